The predicted molar refractivity (Wildman–Crippen MR) is 183 cm³/mol. The lowest BCUT2D eigenvalue weighted by Crippen LogP contribution is -2.22. The van der Waals surface area contributed by atoms with Crippen molar-refractivity contribution >= 4 is 5.96 Å². The molecular formula is C39H34N6. The molecule has 0 bridgehead atoms. The molecule has 0 saturated heterocycles. The van der Waals surface area contributed by atoms with Gasteiger partial charge >= 0.3 is 0 Å². The minimum atomic E-state index is 0.110. The molecule has 6 nitrogen and oxygen atoms in total. The number of aliphatic imine (C=N–C) groups is 1. The van der Waals surface area contributed by atoms with E-state index in [1.165, 1.54) is 55.8 Å². The number of pyridine rings is 2. The fourth-order valence-electron chi connectivity index (χ4n) is 6.44. The maximum atomic E-state index is 5.77. The van der Waals surface area contributed by atoms with E-state index in [-0.39, 0.29) is 5.96 Å². The van der Waals surface area contributed by atoms with E-state index in [9.17, 15) is 0 Å². The van der Waals surface area contributed by atoms with Crippen molar-refractivity contribution in [3.63, 3.8) is 0 Å². The largest absolute Gasteiger partial charge is 0.370 e. The van der Waals surface area contributed by atoms with Crippen molar-refractivity contribution in [2.24, 2.45) is 22.2 Å². The fraction of sp³-hybridized carbons (Fsp3) is 0.103. The molecule has 2 aliphatic carbocycles. The summed E-state index contributed by atoms with van der Waals surface area (Å²) in [5.74, 6) is 0.110. The number of guanidine groups is 1. The average molecular weight is 587 g/mol. The van der Waals surface area contributed by atoms with Crippen molar-refractivity contribution in [2.45, 2.75) is 25.9 Å². The molecule has 2 aliphatic rings. The highest BCUT2D eigenvalue weighted by molar-refractivity contribution is 5.90. The van der Waals surface area contributed by atoms with Gasteiger partial charge in [-0.05, 0) is 79.9 Å². The summed E-state index contributed by atoms with van der Waals surface area (Å²) in [7, 11) is 0. The molecule has 0 radical (unpaired) electrons. The van der Waals surface area contributed by atoms with Crippen LogP contribution in [0.15, 0.2) is 127 Å². The third-order valence-electron chi connectivity index (χ3n) is 8.50. The third kappa shape index (κ3) is 5.59. The molecule has 0 fully saturated rings. The molecule has 4 aromatic carbocycles. The van der Waals surface area contributed by atoms with Gasteiger partial charge in [-0.3, -0.25) is 9.97 Å². The van der Waals surface area contributed by atoms with E-state index in [1.807, 2.05) is 24.5 Å². The lowest BCUT2D eigenvalue weighted by molar-refractivity contribution is 1.05. The number of nitrogens with two attached hydrogens (primary N) is 3. The predicted octanol–water partition coefficient (Wildman–Crippen LogP) is 6.87. The summed E-state index contributed by atoms with van der Waals surface area (Å²) in [4.78, 5) is 13.3. The second kappa shape index (κ2) is 12.2. The number of aromatic nitrogens is 2. The molecule has 0 saturated carbocycles. The van der Waals surface area contributed by atoms with Crippen molar-refractivity contribution in [1.29, 1.82) is 0 Å². The second-order valence-electron chi connectivity index (χ2n) is 11.4. The van der Waals surface area contributed by atoms with Gasteiger partial charge in [0.1, 0.15) is 0 Å². The number of nitrogens with zero attached hydrogens (tertiary/aromatic N) is 3. The first-order chi connectivity index (χ1) is 22.1. The number of fused-ring (bicyclic) bond motifs is 6. The second-order valence-corrected chi connectivity index (χ2v) is 11.4. The minimum Gasteiger partial charge on any atom is -0.370 e. The topological polar surface area (TPSA) is 116 Å². The molecule has 0 atom stereocenters. The zero-order valence-corrected chi connectivity index (χ0v) is 24.9. The maximum absolute atomic E-state index is 5.77. The number of hydrogen-bond donors (Lipinski definition) is 3. The monoisotopic (exact) mass is 586 g/mol. The van der Waals surface area contributed by atoms with E-state index in [4.69, 9.17) is 17.2 Å². The van der Waals surface area contributed by atoms with Crippen LogP contribution in [0.3, 0.4) is 0 Å². The number of hydrogen-bond acceptors (Lipinski definition) is 4. The number of benzene rings is 4. The van der Waals surface area contributed by atoms with E-state index in [0.29, 0.717) is 13.1 Å². The third-order valence-corrected chi connectivity index (χ3v) is 8.50. The van der Waals surface area contributed by atoms with Crippen molar-refractivity contribution in [1.82, 2.24) is 9.97 Å². The molecule has 0 unspecified atom stereocenters. The van der Waals surface area contributed by atoms with Gasteiger partial charge in [0.05, 0.1) is 17.9 Å². The normalized spacial score (nSPS) is 11.8. The summed E-state index contributed by atoms with van der Waals surface area (Å²) >= 11 is 0. The van der Waals surface area contributed by atoms with E-state index in [2.05, 4.69) is 112 Å². The lowest BCUT2D eigenvalue weighted by atomic mass is 9.95. The molecule has 220 valence electrons. The molecule has 2 heterocycles. The van der Waals surface area contributed by atoms with Gasteiger partial charge in [0, 0.05) is 42.9 Å². The summed E-state index contributed by atoms with van der Waals surface area (Å²) in [5.41, 5.74) is 33.8. The van der Waals surface area contributed by atoms with Gasteiger partial charge in [0.2, 0.25) is 0 Å². The van der Waals surface area contributed by atoms with Crippen LogP contribution in [-0.4, -0.2) is 15.9 Å². The van der Waals surface area contributed by atoms with Crippen molar-refractivity contribution in [3.8, 4) is 44.5 Å². The Kier molecular flexibility index (Phi) is 7.64. The molecule has 6 N–H and O–H groups in total. The Labute approximate surface area is 263 Å². The van der Waals surface area contributed by atoms with Gasteiger partial charge in [-0.2, -0.15) is 0 Å². The smallest absolute Gasteiger partial charge is 0.186 e. The molecule has 45 heavy (non-hydrogen) atoms. The van der Waals surface area contributed by atoms with Crippen LogP contribution in [-0.2, 0) is 25.9 Å². The summed E-state index contributed by atoms with van der Waals surface area (Å²) in [6.45, 7) is 1.05. The molecule has 0 amide bonds. The van der Waals surface area contributed by atoms with Crippen LogP contribution in [0.1, 0.15) is 33.6 Å². The minimum absolute atomic E-state index is 0.110. The molecular weight excluding hydrogens is 552 g/mol. The van der Waals surface area contributed by atoms with Gasteiger partial charge in [0.25, 0.3) is 0 Å². The maximum Gasteiger partial charge on any atom is 0.186 e. The Bertz CT molecular complexity index is 2060. The van der Waals surface area contributed by atoms with Crippen molar-refractivity contribution in [3.05, 3.63) is 155 Å². The van der Waals surface area contributed by atoms with Gasteiger partial charge in [-0.25, -0.2) is 4.99 Å². The lowest BCUT2D eigenvalue weighted by Gasteiger charge is -2.10. The Balaban J connectivity index is 0.000000146. The van der Waals surface area contributed by atoms with E-state index in [0.717, 1.165) is 35.2 Å². The molecule has 0 aliphatic heterocycles. The Morgan fingerprint density at radius 3 is 1.62 bits per heavy atom. The molecule has 6 heteroatoms. The summed E-state index contributed by atoms with van der Waals surface area (Å²) in [6, 6.07) is 38.1. The van der Waals surface area contributed by atoms with Crippen LogP contribution in [0.25, 0.3) is 44.5 Å². The van der Waals surface area contributed by atoms with Crippen LogP contribution in [0.4, 0.5) is 0 Å². The van der Waals surface area contributed by atoms with Gasteiger partial charge in [0.15, 0.2) is 5.96 Å². The SMILES string of the molecule is NC(N)=NCc1cccc(-c2ccnc3c2-c2ccccc2C3)c1.NCc1cccc(-c2ccnc3c2-c2ccccc2C3)c1. The first-order valence-electron chi connectivity index (χ1n) is 15.2. The van der Waals surface area contributed by atoms with E-state index in [1.54, 1.807) is 0 Å². The van der Waals surface area contributed by atoms with Crippen LogP contribution in [0.5, 0.6) is 0 Å². The van der Waals surface area contributed by atoms with Gasteiger partial charge in [-0.15, -0.1) is 0 Å². The molecule has 6 aromatic rings. The Hall–Kier alpha value is -5.59. The Morgan fingerprint density at radius 1 is 0.578 bits per heavy atom. The van der Waals surface area contributed by atoms with E-state index >= 15 is 0 Å². The highest BCUT2D eigenvalue weighted by atomic mass is 15.0. The standard InChI is InChI=1S/C20H18N4.C19H16N2/c21-20(22)24-12-13-4-3-6-14(10-13)17-8-9-23-18-11-15-5-1-2-7-16(15)19(17)18;20-12-13-4-3-6-14(10-13)17-8-9-21-18-11-15-5-1-2-7-16(15)19(17)18/h1-10H,11-12H2,(H4,21,22,24);1-10H,11-12,20H2. The van der Waals surface area contributed by atoms with Crippen molar-refractivity contribution in [2.75, 3.05) is 0 Å². The van der Waals surface area contributed by atoms with Crippen LogP contribution in [0, 0.1) is 0 Å². The van der Waals surface area contributed by atoms with E-state index < -0.39 is 0 Å². The number of rotatable bonds is 5. The van der Waals surface area contributed by atoms with Crippen molar-refractivity contribution < 1.29 is 0 Å². The summed E-state index contributed by atoms with van der Waals surface area (Å²) in [5, 5.41) is 0. The van der Waals surface area contributed by atoms with Gasteiger partial charge in [-0.1, -0.05) is 84.9 Å². The first-order valence-corrected chi connectivity index (χ1v) is 15.2. The van der Waals surface area contributed by atoms with Crippen LogP contribution < -0.4 is 17.2 Å². The summed E-state index contributed by atoms with van der Waals surface area (Å²) in [6.07, 6.45) is 5.63. The highest BCUT2D eigenvalue weighted by Gasteiger charge is 2.24. The quantitative estimate of drug-likeness (QED) is 0.150. The van der Waals surface area contributed by atoms with Crippen LogP contribution in [0.2, 0.25) is 0 Å². The average Bonchev–Trinajstić information content (AvgIpc) is 3.66. The fourth-order valence-corrected chi connectivity index (χ4v) is 6.44. The summed E-state index contributed by atoms with van der Waals surface area (Å²) < 4.78 is 0. The Morgan fingerprint density at radius 2 is 1.09 bits per heavy atom. The highest BCUT2D eigenvalue weighted by Crippen LogP contribution is 2.43. The zero-order chi connectivity index (χ0) is 30.8. The molecule has 0 spiro atoms. The molecule has 2 aromatic heterocycles. The van der Waals surface area contributed by atoms with Gasteiger partial charge < -0.3 is 17.2 Å². The molecule has 8 rings (SSSR count). The van der Waals surface area contributed by atoms with Crippen LogP contribution >= 0.6 is 0 Å². The zero-order valence-electron chi connectivity index (χ0n) is 24.9. The first kappa shape index (κ1) is 28.2.